The van der Waals surface area contributed by atoms with E-state index in [4.69, 9.17) is 0 Å². The molecule has 0 fully saturated rings. The van der Waals surface area contributed by atoms with Crippen LogP contribution >= 0.6 is 11.3 Å². The summed E-state index contributed by atoms with van der Waals surface area (Å²) in [7, 11) is 3.08. The quantitative estimate of drug-likeness (QED) is 0.417. The van der Waals surface area contributed by atoms with Gasteiger partial charge in [0.2, 0.25) is 5.43 Å². The molecule has 1 aliphatic rings. The summed E-state index contributed by atoms with van der Waals surface area (Å²) in [4.78, 5) is 58.6. The number of anilines is 2. The van der Waals surface area contributed by atoms with Crippen molar-refractivity contribution in [2.24, 2.45) is 0 Å². The minimum atomic E-state index is -0.603. The van der Waals surface area contributed by atoms with Crippen LogP contribution in [-0.2, 0) is 9.59 Å². The molecule has 4 rings (SSSR count). The number of imide groups is 1. The zero-order chi connectivity index (χ0) is 25.1. The highest BCUT2D eigenvalue weighted by atomic mass is 32.1. The predicted molar refractivity (Wildman–Crippen MR) is 135 cm³/mol. The summed E-state index contributed by atoms with van der Waals surface area (Å²) in [6, 6.07) is 12.2. The monoisotopic (exact) mass is 491 g/mol. The van der Waals surface area contributed by atoms with Crippen molar-refractivity contribution in [3.05, 3.63) is 92.3 Å². The van der Waals surface area contributed by atoms with Gasteiger partial charge in [-0.1, -0.05) is 31.2 Å². The molecule has 0 radical (unpaired) electrons. The van der Waals surface area contributed by atoms with Crippen LogP contribution in [0.5, 0.6) is 0 Å². The lowest BCUT2D eigenvalue weighted by atomic mass is 10.1. The second-order valence-electron chi connectivity index (χ2n) is 8.09. The molecule has 35 heavy (non-hydrogen) atoms. The van der Waals surface area contributed by atoms with Gasteiger partial charge in [-0.15, -0.1) is 11.3 Å². The van der Waals surface area contributed by atoms with Crippen LogP contribution in [0.4, 0.5) is 11.4 Å². The third kappa shape index (κ3) is 4.60. The third-order valence-corrected chi connectivity index (χ3v) is 6.54. The first-order valence-electron chi connectivity index (χ1n) is 11.0. The van der Waals surface area contributed by atoms with Crippen molar-refractivity contribution >= 4 is 40.4 Å². The summed E-state index contributed by atoms with van der Waals surface area (Å²) in [5, 5.41) is 8.01. The van der Waals surface area contributed by atoms with Gasteiger partial charge in [0.1, 0.15) is 22.6 Å². The second-order valence-corrected chi connectivity index (χ2v) is 9.07. The molecule has 1 aromatic carbocycles. The van der Waals surface area contributed by atoms with Gasteiger partial charge in [0.05, 0.1) is 11.7 Å². The molecule has 180 valence electrons. The molecule has 0 bridgehead atoms. The number of rotatable bonds is 8. The lowest BCUT2D eigenvalue weighted by molar-refractivity contribution is -0.120. The maximum absolute atomic E-state index is 13.5. The molecular weight excluding hydrogens is 466 g/mol. The number of carbonyl (C=O) groups is 3. The van der Waals surface area contributed by atoms with Crippen molar-refractivity contribution in [2.45, 2.75) is 19.4 Å². The van der Waals surface area contributed by atoms with E-state index >= 15 is 0 Å². The number of aromatic nitrogens is 1. The second kappa shape index (κ2) is 9.98. The molecule has 1 atom stereocenters. The zero-order valence-electron chi connectivity index (χ0n) is 19.5. The van der Waals surface area contributed by atoms with E-state index in [9.17, 15) is 19.2 Å². The lowest BCUT2D eigenvalue weighted by Gasteiger charge is -2.19. The van der Waals surface area contributed by atoms with Crippen LogP contribution in [0.1, 0.15) is 34.6 Å². The molecule has 0 saturated carbocycles. The van der Waals surface area contributed by atoms with Crippen molar-refractivity contribution in [1.29, 1.82) is 0 Å². The summed E-state index contributed by atoms with van der Waals surface area (Å²) < 4.78 is 0. The number of H-pyrrole nitrogens is 1. The van der Waals surface area contributed by atoms with E-state index < -0.39 is 23.2 Å². The zero-order valence-corrected chi connectivity index (χ0v) is 20.3. The Morgan fingerprint density at radius 3 is 2.37 bits per heavy atom. The van der Waals surface area contributed by atoms with Crippen LogP contribution in [0.15, 0.2) is 76.4 Å². The van der Waals surface area contributed by atoms with Crippen LogP contribution in [0, 0.1) is 0 Å². The number of thiophene rings is 1. The van der Waals surface area contributed by atoms with Gasteiger partial charge in [-0.3, -0.25) is 19.2 Å². The van der Waals surface area contributed by atoms with Crippen molar-refractivity contribution in [1.82, 2.24) is 15.2 Å². The Balaban J connectivity index is 1.77. The van der Waals surface area contributed by atoms with Gasteiger partial charge in [-0.2, -0.15) is 0 Å². The first-order chi connectivity index (χ1) is 16.8. The van der Waals surface area contributed by atoms with Crippen molar-refractivity contribution in [2.75, 3.05) is 24.3 Å². The highest BCUT2D eigenvalue weighted by molar-refractivity contribution is 7.10. The third-order valence-electron chi connectivity index (χ3n) is 5.55. The highest BCUT2D eigenvalue weighted by Gasteiger charge is 2.41. The molecule has 0 saturated heterocycles. The lowest BCUT2D eigenvalue weighted by Crippen LogP contribution is -2.34. The Bertz CT molecular complexity index is 1350. The van der Waals surface area contributed by atoms with E-state index in [0.717, 1.165) is 9.78 Å². The van der Waals surface area contributed by atoms with E-state index in [0.29, 0.717) is 12.1 Å². The van der Waals surface area contributed by atoms with Gasteiger partial charge in [-0.05, 0) is 30.0 Å². The molecule has 3 aromatic rings. The number of nitrogens with zero attached hydrogens (tertiary/aromatic N) is 2. The minimum Gasteiger partial charge on any atom is -0.371 e. The summed E-state index contributed by atoms with van der Waals surface area (Å²) in [5.41, 5.74) is -0.285. The van der Waals surface area contributed by atoms with Crippen molar-refractivity contribution in [3.8, 4) is 0 Å². The molecule has 1 aliphatic heterocycles. The summed E-state index contributed by atoms with van der Waals surface area (Å²) in [6.07, 6.45) is 3.33. The Labute approximate surface area is 206 Å². The normalized spacial score (nSPS) is 14.3. The number of pyridine rings is 1. The van der Waals surface area contributed by atoms with E-state index in [1.54, 1.807) is 55.8 Å². The number of para-hydroxylation sites is 1. The van der Waals surface area contributed by atoms with Crippen LogP contribution in [0.3, 0.4) is 0 Å². The minimum absolute atomic E-state index is 0.0211. The maximum atomic E-state index is 13.5. The number of carbonyl (C=O) groups excluding carboxylic acids is 3. The molecule has 3 N–H and O–H groups in total. The number of nitrogens with one attached hydrogen (secondary N) is 3. The first kappa shape index (κ1) is 24.0. The molecule has 3 amide bonds. The number of hydrogen-bond donors (Lipinski definition) is 3. The molecule has 0 unspecified atom stereocenters. The predicted octanol–water partition coefficient (Wildman–Crippen LogP) is 3.08. The fraction of sp³-hybridized carbons (Fsp3) is 0.200. The molecule has 2 aromatic heterocycles. The molecular formula is C25H25N5O4S. The van der Waals surface area contributed by atoms with E-state index in [1.807, 2.05) is 24.4 Å². The first-order valence-corrected chi connectivity index (χ1v) is 11.9. The van der Waals surface area contributed by atoms with E-state index in [2.05, 4.69) is 15.6 Å². The largest absolute Gasteiger partial charge is 0.371 e. The molecule has 10 heteroatoms. The SMILES string of the molecule is CC[C@@H](NC1=C(Nc2c[nH]cc(C(=O)N(C)C)c2=O)C(=O)N(c2ccccc2)C1=O)c1cccs1. The van der Waals surface area contributed by atoms with Gasteiger partial charge in [0.25, 0.3) is 17.7 Å². The molecule has 3 heterocycles. The fourth-order valence-electron chi connectivity index (χ4n) is 3.74. The van der Waals surface area contributed by atoms with Gasteiger partial charge in [-0.25, -0.2) is 4.90 Å². The number of benzene rings is 1. The number of hydrogen-bond acceptors (Lipinski definition) is 7. The Hall–Kier alpha value is -4.18. The fourth-order valence-corrected chi connectivity index (χ4v) is 4.60. The van der Waals surface area contributed by atoms with E-state index in [1.165, 1.54) is 17.3 Å². The smallest absolute Gasteiger partial charge is 0.284 e. The van der Waals surface area contributed by atoms with Gasteiger partial charge < -0.3 is 20.5 Å². The standard InChI is InChI=1S/C25H25N5O4S/c1-4-17(19-11-8-12-35-19)27-20-21(25(34)30(24(20)33)15-9-6-5-7-10-15)28-18-14-26-13-16(22(18)31)23(32)29(2)3/h5-14,17,27-28H,4H2,1-3H3,(H,26,31)/t17-/m1/s1. The maximum Gasteiger partial charge on any atom is 0.284 e. The van der Waals surface area contributed by atoms with Crippen molar-refractivity contribution < 1.29 is 14.4 Å². The number of amides is 3. The molecule has 0 spiro atoms. The summed E-state index contributed by atoms with van der Waals surface area (Å²) >= 11 is 1.54. The summed E-state index contributed by atoms with van der Waals surface area (Å²) in [5.74, 6) is -1.62. The molecule has 0 aliphatic carbocycles. The average Bonchev–Trinajstić information content (AvgIpc) is 3.46. The molecule has 9 nitrogen and oxygen atoms in total. The highest BCUT2D eigenvalue weighted by Crippen LogP contribution is 2.30. The van der Waals surface area contributed by atoms with Crippen LogP contribution in [0.25, 0.3) is 0 Å². The number of aromatic amines is 1. The average molecular weight is 492 g/mol. The van der Waals surface area contributed by atoms with Crippen LogP contribution < -0.4 is 21.0 Å². The van der Waals surface area contributed by atoms with Crippen LogP contribution in [-0.4, -0.2) is 41.7 Å². The Morgan fingerprint density at radius 1 is 1.03 bits per heavy atom. The van der Waals surface area contributed by atoms with Crippen LogP contribution in [0.2, 0.25) is 0 Å². The Morgan fingerprint density at radius 2 is 1.74 bits per heavy atom. The Kier molecular flexibility index (Phi) is 6.83. The van der Waals surface area contributed by atoms with Gasteiger partial charge >= 0.3 is 0 Å². The van der Waals surface area contributed by atoms with E-state index in [-0.39, 0.29) is 28.7 Å². The summed E-state index contributed by atoms with van der Waals surface area (Å²) in [6.45, 7) is 1.97. The van der Waals surface area contributed by atoms with Gasteiger partial charge in [0.15, 0.2) is 0 Å². The topological polar surface area (TPSA) is 115 Å². The van der Waals surface area contributed by atoms with Gasteiger partial charge in [0, 0.05) is 31.4 Å². The van der Waals surface area contributed by atoms with Crippen molar-refractivity contribution in [3.63, 3.8) is 0 Å².